The van der Waals surface area contributed by atoms with E-state index >= 15 is 0 Å². The number of aliphatic imine (C=N–C) groups is 1. The smallest absolute Gasteiger partial charge is 0.159 e. The summed E-state index contributed by atoms with van der Waals surface area (Å²) < 4.78 is 6.20. The molecule has 1 aromatic carbocycles. The molecule has 0 heterocycles. The lowest BCUT2D eigenvalue weighted by Crippen LogP contribution is -2.12. The normalized spacial score (nSPS) is 11.6. The molecular weight excluding hydrogens is 315 g/mol. The predicted molar refractivity (Wildman–Crippen MR) is 72.3 cm³/mol. The van der Waals surface area contributed by atoms with Gasteiger partial charge in [0.05, 0.1) is 17.0 Å². The average Bonchev–Trinajstić information content (AvgIpc) is 2.23. The molecule has 0 spiro atoms. The van der Waals surface area contributed by atoms with Gasteiger partial charge in [0.2, 0.25) is 0 Å². The molecular formula is C10H11BrCl2N2O. The predicted octanol–water partition coefficient (Wildman–Crippen LogP) is 3.73. The molecule has 6 heteroatoms. The second-order valence-electron chi connectivity index (χ2n) is 2.91. The van der Waals surface area contributed by atoms with Crippen LogP contribution >= 0.6 is 39.1 Å². The van der Waals surface area contributed by atoms with E-state index in [1.165, 1.54) is 0 Å². The van der Waals surface area contributed by atoms with E-state index in [4.69, 9.17) is 33.7 Å². The summed E-state index contributed by atoms with van der Waals surface area (Å²) in [5, 5.41) is 0.552. The average molecular weight is 326 g/mol. The van der Waals surface area contributed by atoms with Gasteiger partial charge in [0, 0.05) is 5.02 Å². The van der Waals surface area contributed by atoms with Crippen molar-refractivity contribution in [3.63, 3.8) is 0 Å². The van der Waals surface area contributed by atoms with Crippen molar-refractivity contribution < 1.29 is 4.74 Å². The zero-order valence-electron chi connectivity index (χ0n) is 8.64. The van der Waals surface area contributed by atoms with Crippen LogP contribution in [-0.2, 0) is 0 Å². The summed E-state index contributed by atoms with van der Waals surface area (Å²) in [5.41, 5.74) is 6.14. The standard InChI is InChI=1S/C10H11BrCl2N2O/c1-2-16-10-7(11)3-6(13)4-8(10)15-9(14)5-12/h3-4H,2,5H2,1H3,(H2,14,15). The minimum Gasteiger partial charge on any atom is -0.490 e. The van der Waals surface area contributed by atoms with Gasteiger partial charge in [-0.05, 0) is 35.0 Å². The molecule has 2 N–H and O–H groups in total. The Kier molecular flexibility index (Phi) is 5.38. The number of nitrogens with zero attached hydrogens (tertiary/aromatic N) is 1. The third-order valence-electron chi connectivity index (χ3n) is 1.68. The third-order valence-corrected chi connectivity index (χ3v) is 2.76. The zero-order chi connectivity index (χ0) is 12.1. The fraction of sp³-hybridized carbons (Fsp3) is 0.300. The highest BCUT2D eigenvalue weighted by molar-refractivity contribution is 9.10. The molecule has 0 aliphatic carbocycles. The number of nitrogens with two attached hydrogens (primary N) is 1. The zero-order valence-corrected chi connectivity index (χ0v) is 11.7. The van der Waals surface area contributed by atoms with Crippen LogP contribution in [0.1, 0.15) is 6.92 Å². The quantitative estimate of drug-likeness (QED) is 0.521. The number of benzene rings is 1. The van der Waals surface area contributed by atoms with Gasteiger partial charge in [0.25, 0.3) is 0 Å². The lowest BCUT2D eigenvalue weighted by molar-refractivity contribution is 0.339. The van der Waals surface area contributed by atoms with Crippen molar-refractivity contribution in [2.75, 3.05) is 12.5 Å². The van der Waals surface area contributed by atoms with Gasteiger partial charge in [-0.25, -0.2) is 4.99 Å². The maximum Gasteiger partial charge on any atom is 0.159 e. The second kappa shape index (κ2) is 6.33. The van der Waals surface area contributed by atoms with Crippen molar-refractivity contribution in [1.82, 2.24) is 0 Å². The second-order valence-corrected chi connectivity index (χ2v) is 4.46. The Labute approximate surface area is 113 Å². The van der Waals surface area contributed by atoms with Crippen LogP contribution in [0.4, 0.5) is 5.69 Å². The van der Waals surface area contributed by atoms with E-state index in [0.29, 0.717) is 28.9 Å². The maximum absolute atomic E-state index is 5.92. The summed E-state index contributed by atoms with van der Waals surface area (Å²) in [6.45, 7) is 2.42. The first-order valence-electron chi connectivity index (χ1n) is 4.59. The number of rotatable bonds is 4. The molecule has 3 nitrogen and oxygen atoms in total. The Morgan fingerprint density at radius 2 is 2.25 bits per heavy atom. The Bertz CT molecular complexity index is 410. The van der Waals surface area contributed by atoms with E-state index in [0.717, 1.165) is 4.47 Å². The van der Waals surface area contributed by atoms with E-state index in [1.54, 1.807) is 12.1 Å². The van der Waals surface area contributed by atoms with Crippen LogP contribution in [0.25, 0.3) is 0 Å². The third kappa shape index (κ3) is 3.54. The van der Waals surface area contributed by atoms with E-state index in [2.05, 4.69) is 20.9 Å². The fourth-order valence-electron chi connectivity index (χ4n) is 1.10. The highest BCUT2D eigenvalue weighted by Crippen LogP contribution is 2.38. The molecule has 0 saturated carbocycles. The van der Waals surface area contributed by atoms with Crippen LogP contribution in [0.2, 0.25) is 5.02 Å². The minimum absolute atomic E-state index is 0.162. The Balaban J connectivity index is 3.23. The van der Waals surface area contributed by atoms with Crippen molar-refractivity contribution in [1.29, 1.82) is 0 Å². The molecule has 0 fully saturated rings. The molecule has 0 amide bonds. The summed E-state index contributed by atoms with van der Waals surface area (Å²) in [6.07, 6.45) is 0. The van der Waals surface area contributed by atoms with Gasteiger partial charge in [0.1, 0.15) is 11.5 Å². The monoisotopic (exact) mass is 324 g/mol. The van der Waals surface area contributed by atoms with Gasteiger partial charge < -0.3 is 10.5 Å². The highest BCUT2D eigenvalue weighted by atomic mass is 79.9. The first-order valence-corrected chi connectivity index (χ1v) is 6.29. The van der Waals surface area contributed by atoms with Crippen molar-refractivity contribution in [2.24, 2.45) is 10.7 Å². The van der Waals surface area contributed by atoms with Gasteiger partial charge in [-0.2, -0.15) is 0 Å². The number of alkyl halides is 1. The Morgan fingerprint density at radius 3 is 2.81 bits per heavy atom. The molecule has 0 bridgehead atoms. The molecule has 0 atom stereocenters. The van der Waals surface area contributed by atoms with E-state index < -0.39 is 0 Å². The van der Waals surface area contributed by atoms with Crippen LogP contribution in [0.5, 0.6) is 5.75 Å². The van der Waals surface area contributed by atoms with Gasteiger partial charge in [-0.15, -0.1) is 11.6 Å². The number of ether oxygens (including phenoxy) is 1. The lowest BCUT2D eigenvalue weighted by Gasteiger charge is -2.10. The largest absolute Gasteiger partial charge is 0.490 e. The van der Waals surface area contributed by atoms with Crippen LogP contribution in [0, 0.1) is 0 Å². The molecule has 16 heavy (non-hydrogen) atoms. The summed E-state index contributed by atoms with van der Waals surface area (Å²) in [7, 11) is 0. The van der Waals surface area contributed by atoms with Crippen molar-refractivity contribution in [3.8, 4) is 5.75 Å². The molecule has 0 unspecified atom stereocenters. The van der Waals surface area contributed by atoms with Crippen molar-refractivity contribution in [2.45, 2.75) is 6.92 Å². The highest BCUT2D eigenvalue weighted by Gasteiger charge is 2.09. The van der Waals surface area contributed by atoms with Crippen molar-refractivity contribution in [3.05, 3.63) is 21.6 Å². The summed E-state index contributed by atoms with van der Waals surface area (Å²) in [5.74, 6) is 1.09. The molecule has 0 aromatic heterocycles. The summed E-state index contributed by atoms with van der Waals surface area (Å²) in [6, 6.07) is 3.42. The SMILES string of the molecule is CCOc1c(Br)cc(Cl)cc1N=C(N)CCl. The van der Waals surface area contributed by atoms with Gasteiger partial charge in [0.15, 0.2) is 5.75 Å². The Hall–Kier alpha value is -0.450. The minimum atomic E-state index is 0.162. The van der Waals surface area contributed by atoms with Crippen molar-refractivity contribution >= 4 is 50.7 Å². The summed E-state index contributed by atoms with van der Waals surface area (Å²) >= 11 is 14.8. The molecule has 0 saturated heterocycles. The van der Waals surface area contributed by atoms with Crippen LogP contribution in [0.3, 0.4) is 0 Å². The molecule has 0 aliphatic rings. The van der Waals surface area contributed by atoms with Gasteiger partial charge in [-0.3, -0.25) is 0 Å². The summed E-state index contributed by atoms with van der Waals surface area (Å²) in [4.78, 5) is 4.14. The topological polar surface area (TPSA) is 47.6 Å². The molecule has 0 aliphatic heterocycles. The van der Waals surface area contributed by atoms with Crippen LogP contribution in [-0.4, -0.2) is 18.3 Å². The fourth-order valence-corrected chi connectivity index (χ4v) is 2.07. The molecule has 0 radical (unpaired) electrons. The molecule has 1 rings (SSSR count). The van der Waals surface area contributed by atoms with Gasteiger partial charge >= 0.3 is 0 Å². The van der Waals surface area contributed by atoms with Crippen LogP contribution in [0.15, 0.2) is 21.6 Å². The maximum atomic E-state index is 5.92. The van der Waals surface area contributed by atoms with Gasteiger partial charge in [-0.1, -0.05) is 11.6 Å². The number of hydrogen-bond acceptors (Lipinski definition) is 2. The number of halogens is 3. The number of amidine groups is 1. The van der Waals surface area contributed by atoms with E-state index in [9.17, 15) is 0 Å². The van der Waals surface area contributed by atoms with E-state index in [-0.39, 0.29) is 5.88 Å². The Morgan fingerprint density at radius 1 is 1.56 bits per heavy atom. The first kappa shape index (κ1) is 13.6. The molecule has 1 aromatic rings. The first-order chi connectivity index (χ1) is 7.58. The lowest BCUT2D eigenvalue weighted by atomic mass is 10.3. The molecule has 88 valence electrons. The van der Waals surface area contributed by atoms with E-state index in [1.807, 2.05) is 6.92 Å². The number of hydrogen-bond donors (Lipinski definition) is 1. The van der Waals surface area contributed by atoms with Crippen LogP contribution < -0.4 is 10.5 Å².